The molecule has 24 rings (SSSR count). The third kappa shape index (κ3) is 22.2. The molecule has 2 unspecified atom stereocenters. The van der Waals surface area contributed by atoms with Gasteiger partial charge >= 0.3 is 0 Å². The summed E-state index contributed by atoms with van der Waals surface area (Å²) in [6, 6.07) is 86.5. The summed E-state index contributed by atoms with van der Waals surface area (Å²) in [5, 5.41) is 42.1. The molecule has 14 nitrogen and oxygen atoms in total. The van der Waals surface area contributed by atoms with Crippen molar-refractivity contribution in [2.24, 2.45) is 0 Å². The van der Waals surface area contributed by atoms with Gasteiger partial charge in [-0.3, -0.25) is 24.0 Å². The van der Waals surface area contributed by atoms with Crippen LogP contribution in [0.2, 0.25) is 0 Å². The molecule has 2 atom stereocenters. The van der Waals surface area contributed by atoms with Gasteiger partial charge in [-0.15, -0.1) is 95.5 Å². The minimum absolute atomic E-state index is 0.0329. The van der Waals surface area contributed by atoms with Gasteiger partial charge in [0, 0.05) is 125 Å². The number of carbonyl (C=O) groups excluding carboxylic acids is 5. The molecule has 10 aliphatic heterocycles. The lowest BCUT2D eigenvalue weighted by atomic mass is 9.93. The van der Waals surface area contributed by atoms with E-state index in [0.29, 0.717) is 84.3 Å². The number of phenols is 2. The van der Waals surface area contributed by atoms with Crippen molar-refractivity contribution in [2.75, 3.05) is 26.4 Å². The van der Waals surface area contributed by atoms with E-state index in [4.69, 9.17) is 23.7 Å². The zero-order valence-corrected chi connectivity index (χ0v) is 84.4. The average Bonchev–Trinajstić information content (AvgIpc) is 1.63. The van der Waals surface area contributed by atoms with Crippen LogP contribution in [-0.4, -0.2) is 75.8 Å². The van der Waals surface area contributed by atoms with E-state index >= 15 is 0 Å². The number of allylic oxidation sites excluding steroid dienone is 4. The van der Waals surface area contributed by atoms with E-state index in [0.717, 1.165) is 220 Å². The van der Waals surface area contributed by atoms with Crippen LogP contribution in [0.15, 0.2) is 376 Å². The van der Waals surface area contributed by atoms with Crippen molar-refractivity contribution in [3.8, 4) is 34.5 Å². The van der Waals surface area contributed by atoms with Crippen LogP contribution in [-0.2, 0) is 83.7 Å². The van der Waals surface area contributed by atoms with E-state index in [1.165, 1.54) is 27.8 Å². The predicted octanol–water partition coefficient (Wildman–Crippen LogP) is 28.2. The van der Waals surface area contributed by atoms with Crippen molar-refractivity contribution in [3.63, 3.8) is 0 Å². The normalized spacial score (nSPS) is 15.6. The van der Waals surface area contributed by atoms with Crippen LogP contribution in [0.4, 0.5) is 0 Å². The molecular formula is C122H104O14S7. The molecule has 0 saturated heterocycles. The number of rotatable bonds is 10. The van der Waals surface area contributed by atoms with E-state index < -0.39 is 12.2 Å². The second-order valence-corrected chi connectivity index (χ2v) is 41.8. The SMILES string of the molecule is C=CCOc1c(CC=C)ccc2c1C(=O)c1ccccc1SC2.C=CCc1ccc2c(c1O)C(=O)c1ccccc1SC2.C=COCc1cccc2c1C(=O)c1ccccc1SC2.O=C1c2ccccc2SCc2ccc3c(c21)OCC=CC3.O=C1c2ccccc2SCc2cccc(O)c21.OC1c2ccccc2SCc2ccc3c(c21)OCC=CC3.OC1c2ccccc2SCc2ccc3c(c21)OCCCC3. The van der Waals surface area contributed by atoms with Crippen LogP contribution in [0.1, 0.15) is 199 Å². The smallest absolute Gasteiger partial charge is 0.198 e. The standard InChI is InChI=1S/C20H18O2S.C18H18O2S.C18H16O2S.C18H14O2S.2C17H14O2S.C14H10O2S/c1-3-7-14-10-11-15-13-23-17-9-6-5-8-16(17)19(21)18(15)20(14)22-12-4-2;3*19-17-14-6-1-2-7-15(14)21-11-13-9-8-12-5-3-4-10-20-18(12)16(13)17;1-2-19-10-12-6-5-7-13-11-20-15-9-4-3-8-14(15)17(18)16(12)13;1-2-5-11-8-9-12-10-20-14-7-4-3-6-13(14)17(19)15(12)16(11)18;15-11-6-3-4-9-8-17-12-7-2-1-5-10(12)14(16)13(9)11/h3-6,8-11H,1-2,7,12-13H2;1-2,6-9,17,19H,3-5,10-11H2;1-4,6-9,17,19H,5,10-11H2;1-4,6-9H,5,10-11H2;2-9H,1,10-11H2;2-4,6-9,18H,1,5,10H2;1-7,15H,8H2. The highest BCUT2D eigenvalue weighted by Crippen LogP contribution is 2.50. The Labute approximate surface area is 863 Å². The number of aromatic hydroxyl groups is 2. The van der Waals surface area contributed by atoms with Gasteiger partial charge in [-0.2, -0.15) is 0 Å². The van der Waals surface area contributed by atoms with E-state index in [9.17, 15) is 44.4 Å². The molecule has 0 bridgehead atoms. The average molecular weight is 2020 g/mol. The number of aliphatic hydroxyl groups is 2. The fraction of sp³-hybridized carbons (Fsp3) is 0.172. The number of ketones is 5. The summed E-state index contributed by atoms with van der Waals surface area (Å²) in [6.07, 6.45) is 19.9. The first-order valence-electron chi connectivity index (χ1n) is 47.4. The summed E-state index contributed by atoms with van der Waals surface area (Å²) < 4.78 is 29.0. The van der Waals surface area contributed by atoms with Crippen molar-refractivity contribution in [1.82, 2.24) is 0 Å². The monoisotopic (exact) mass is 2020 g/mol. The largest absolute Gasteiger partial charge is 0.507 e. The van der Waals surface area contributed by atoms with Gasteiger partial charge in [0.05, 0.1) is 35.1 Å². The number of benzene rings is 14. The third-order valence-corrected chi connectivity index (χ3v) is 33.6. The van der Waals surface area contributed by atoms with Gasteiger partial charge in [0.2, 0.25) is 0 Å². The quantitative estimate of drug-likeness (QED) is 0.0740. The minimum Gasteiger partial charge on any atom is -0.507 e. The Kier molecular flexibility index (Phi) is 33.1. The summed E-state index contributed by atoms with van der Waals surface area (Å²) in [5.74, 6) is 9.01. The molecule has 0 saturated carbocycles. The first-order chi connectivity index (χ1) is 70.1. The topological polar surface area (TPSA) is 212 Å². The number of hydrogen-bond donors (Lipinski definition) is 4. The molecular weight excluding hydrogens is 1910 g/mol. The predicted molar refractivity (Wildman–Crippen MR) is 579 cm³/mol. The number of carbonyl (C=O) groups is 5. The van der Waals surface area contributed by atoms with Crippen molar-refractivity contribution in [3.05, 3.63) is 492 Å². The molecule has 14 aromatic carbocycles. The Morgan fingerprint density at radius 1 is 0.329 bits per heavy atom. The fourth-order valence-electron chi connectivity index (χ4n) is 18.7. The summed E-state index contributed by atoms with van der Waals surface area (Å²) in [5.41, 5.74) is 24.2. The van der Waals surface area contributed by atoms with Crippen LogP contribution >= 0.6 is 82.3 Å². The Balaban J connectivity index is 0.000000110. The molecule has 0 spiro atoms. The highest BCUT2D eigenvalue weighted by atomic mass is 32.2. The molecule has 0 radical (unpaired) electrons. The van der Waals surface area contributed by atoms with E-state index in [-0.39, 0.29) is 40.4 Å². The molecule has 0 aromatic heterocycles. The number of aliphatic hydroxyl groups excluding tert-OH is 2. The molecule has 718 valence electrons. The molecule has 0 fully saturated rings. The molecule has 10 heterocycles. The zero-order chi connectivity index (χ0) is 98.8. The maximum absolute atomic E-state index is 13.1. The minimum atomic E-state index is -0.612. The lowest BCUT2D eigenvalue weighted by molar-refractivity contribution is 0.102. The van der Waals surface area contributed by atoms with Gasteiger partial charge in [0.15, 0.2) is 28.9 Å². The van der Waals surface area contributed by atoms with E-state index in [2.05, 4.69) is 87.0 Å². The molecule has 143 heavy (non-hydrogen) atoms. The van der Waals surface area contributed by atoms with Gasteiger partial charge in [0.1, 0.15) is 73.1 Å². The van der Waals surface area contributed by atoms with Crippen LogP contribution in [0, 0.1) is 0 Å². The number of ether oxygens (including phenoxy) is 5. The molecule has 0 amide bonds. The highest BCUT2D eigenvalue weighted by molar-refractivity contribution is 8.00. The molecule has 0 aliphatic carbocycles. The Hall–Kier alpha value is -13.2. The number of fused-ring (bicyclic) bond motifs is 20. The lowest BCUT2D eigenvalue weighted by Crippen LogP contribution is -2.10. The van der Waals surface area contributed by atoms with Crippen molar-refractivity contribution < 1.29 is 68.1 Å². The third-order valence-electron chi connectivity index (χ3n) is 25.7. The maximum Gasteiger partial charge on any atom is 0.198 e. The second-order valence-electron chi connectivity index (χ2n) is 34.7. The Morgan fingerprint density at radius 2 is 0.706 bits per heavy atom. The van der Waals surface area contributed by atoms with Crippen LogP contribution < -0.4 is 18.9 Å². The van der Waals surface area contributed by atoms with Crippen LogP contribution in [0.3, 0.4) is 0 Å². The molecule has 21 heteroatoms. The van der Waals surface area contributed by atoms with Crippen LogP contribution in [0.25, 0.3) is 0 Å². The number of phenolic OH excluding ortho intramolecular Hbond substituents is 2. The van der Waals surface area contributed by atoms with Gasteiger partial charge in [-0.05, 0) is 202 Å². The number of thioether (sulfide) groups is 7. The van der Waals surface area contributed by atoms with Gasteiger partial charge < -0.3 is 44.1 Å². The van der Waals surface area contributed by atoms with E-state index in [1.54, 1.807) is 107 Å². The Bertz CT molecular complexity index is 7270. The molecule has 14 aromatic rings. The van der Waals surface area contributed by atoms with Crippen molar-refractivity contribution in [1.29, 1.82) is 0 Å². The number of hydrogen-bond acceptors (Lipinski definition) is 21. The first kappa shape index (κ1) is 100.0. The zero-order valence-electron chi connectivity index (χ0n) is 78.7. The van der Waals surface area contributed by atoms with Gasteiger partial charge in [-0.1, -0.05) is 244 Å². The Morgan fingerprint density at radius 3 is 1.22 bits per heavy atom. The lowest BCUT2D eigenvalue weighted by Gasteiger charge is -2.20. The van der Waals surface area contributed by atoms with Crippen molar-refractivity contribution in [2.45, 2.75) is 138 Å². The van der Waals surface area contributed by atoms with E-state index in [1.807, 2.05) is 224 Å². The second kappa shape index (κ2) is 47.4. The highest BCUT2D eigenvalue weighted by Gasteiger charge is 2.35. The summed E-state index contributed by atoms with van der Waals surface area (Å²) in [7, 11) is 0. The summed E-state index contributed by atoms with van der Waals surface area (Å²) >= 11 is 12.0. The summed E-state index contributed by atoms with van der Waals surface area (Å²) in [6.45, 7) is 17.4. The van der Waals surface area contributed by atoms with Crippen LogP contribution in [0.5, 0.6) is 34.5 Å². The fourth-order valence-corrected chi connectivity index (χ4v) is 26.1. The van der Waals surface area contributed by atoms with Gasteiger partial charge in [0.25, 0.3) is 0 Å². The molecule has 4 N–H and O–H groups in total. The van der Waals surface area contributed by atoms with Gasteiger partial charge in [-0.25, -0.2) is 0 Å². The number of aryl methyl sites for hydroxylation is 1. The molecule has 10 aliphatic rings. The van der Waals surface area contributed by atoms with Crippen molar-refractivity contribution >= 4 is 111 Å². The maximum atomic E-state index is 13.1. The summed E-state index contributed by atoms with van der Waals surface area (Å²) in [4.78, 5) is 71.4. The first-order valence-corrected chi connectivity index (χ1v) is 54.3.